The van der Waals surface area contributed by atoms with Crippen molar-refractivity contribution in [2.45, 2.75) is 6.16 Å². The number of hydrogen-bond acceptors (Lipinski definition) is 1. The Balaban J connectivity index is 2.11. The first-order valence-corrected chi connectivity index (χ1v) is 12.7. The summed E-state index contributed by atoms with van der Waals surface area (Å²) in [5.41, 5.74) is 8.24. The Morgan fingerprint density at radius 3 is 1.29 bits per heavy atom. The van der Waals surface area contributed by atoms with E-state index in [1.54, 1.807) is 0 Å². The molecule has 0 fully saturated rings. The van der Waals surface area contributed by atoms with Gasteiger partial charge in [0.15, 0.2) is 0 Å². The number of benzene rings is 4. The molecule has 0 bridgehead atoms. The van der Waals surface area contributed by atoms with Gasteiger partial charge in [-0.3, -0.25) is 0 Å². The van der Waals surface area contributed by atoms with Gasteiger partial charge in [0.05, 0.1) is 0 Å². The van der Waals surface area contributed by atoms with Crippen LogP contribution in [-0.2, 0) is 6.16 Å². The Morgan fingerprint density at radius 1 is 0.536 bits per heavy atom. The molecule has 2 N–H and O–H groups in total. The molecule has 0 aromatic heterocycles. The summed E-state index contributed by atoms with van der Waals surface area (Å²) in [6.45, 7) is 0. The first-order valence-electron chi connectivity index (χ1n) is 9.36. The van der Waals surface area contributed by atoms with Gasteiger partial charge in [0.2, 0.25) is 0 Å². The summed E-state index contributed by atoms with van der Waals surface area (Å²) in [6, 6.07) is 39.5. The average Bonchev–Trinajstić information content (AvgIpc) is 2.77. The summed E-state index contributed by atoms with van der Waals surface area (Å²) in [4.78, 5) is 0. The summed E-state index contributed by atoms with van der Waals surface area (Å²) in [6.07, 6.45) is 0.665. The summed E-state index contributed by atoms with van der Waals surface area (Å²) in [5, 5.41) is 3.45. The first-order chi connectivity index (χ1) is 13.6. The molecule has 0 aliphatic heterocycles. The maximum absolute atomic E-state index is 8.06. The second kappa shape index (κ2) is 7.43. The third kappa shape index (κ3) is 3.02. The van der Waals surface area contributed by atoms with Gasteiger partial charge in [-0.1, -0.05) is 0 Å². The van der Waals surface area contributed by atoms with Crippen molar-refractivity contribution in [3.05, 3.63) is 121 Å². The molecule has 0 saturated heterocycles. The van der Waals surface area contributed by atoms with E-state index in [2.05, 4.69) is 78.9 Å². The molecule has 0 atom stereocenters. The molecule has 0 aliphatic rings. The van der Waals surface area contributed by atoms with Gasteiger partial charge in [0.25, 0.3) is 0 Å². The van der Waals surface area contributed by atoms with Crippen LogP contribution >= 0.6 is 17.2 Å². The number of halogens is 1. The molecular formula is C25H23ClNP. The predicted molar refractivity (Wildman–Crippen MR) is 126 cm³/mol. The van der Waals surface area contributed by atoms with Gasteiger partial charge in [-0.15, -0.1) is 0 Å². The summed E-state index contributed by atoms with van der Waals surface area (Å²) >= 11 is 8.06. The quantitative estimate of drug-likeness (QED) is 0.348. The van der Waals surface area contributed by atoms with E-state index in [4.69, 9.17) is 17.0 Å². The normalized spacial score (nSPS) is 12.8. The van der Waals surface area contributed by atoms with Crippen molar-refractivity contribution in [2.24, 2.45) is 0 Å². The second-order valence-corrected chi connectivity index (χ2v) is 13.5. The van der Waals surface area contributed by atoms with Crippen LogP contribution in [0.4, 0.5) is 5.69 Å². The molecule has 0 spiro atoms. The van der Waals surface area contributed by atoms with E-state index in [0.29, 0.717) is 6.16 Å². The van der Waals surface area contributed by atoms with Crippen LogP contribution in [0.25, 0.3) is 0 Å². The molecule has 4 aromatic rings. The number of para-hydroxylation sites is 1. The summed E-state index contributed by atoms with van der Waals surface area (Å²) in [7, 11) is 0. The molecule has 0 amide bonds. The molecule has 140 valence electrons. The SMILES string of the molecule is Nc1ccccc1CP(Cl)(c1ccccc1)(c1ccccc1)c1ccccc1. The summed E-state index contributed by atoms with van der Waals surface area (Å²) < 4.78 is 0. The molecule has 1 nitrogen and oxygen atoms in total. The van der Waals surface area contributed by atoms with Crippen molar-refractivity contribution in [1.82, 2.24) is 0 Å². The van der Waals surface area contributed by atoms with Gasteiger partial charge >= 0.3 is 172 Å². The zero-order valence-corrected chi connectivity index (χ0v) is 17.2. The molecule has 0 radical (unpaired) electrons. The molecule has 28 heavy (non-hydrogen) atoms. The van der Waals surface area contributed by atoms with Crippen molar-refractivity contribution in [2.75, 3.05) is 5.73 Å². The van der Waals surface area contributed by atoms with Crippen molar-refractivity contribution < 1.29 is 0 Å². The maximum atomic E-state index is 8.06. The Kier molecular flexibility index (Phi) is 4.98. The van der Waals surface area contributed by atoms with E-state index < -0.39 is 5.96 Å². The monoisotopic (exact) mass is 403 g/mol. The first kappa shape index (κ1) is 18.7. The molecular weight excluding hydrogens is 381 g/mol. The van der Waals surface area contributed by atoms with Crippen molar-refractivity contribution in [1.29, 1.82) is 0 Å². The Morgan fingerprint density at radius 2 is 0.893 bits per heavy atom. The minimum absolute atomic E-state index is 0.665. The number of nitrogen functional groups attached to an aromatic ring is 1. The van der Waals surface area contributed by atoms with E-state index in [0.717, 1.165) is 27.2 Å². The number of nitrogens with two attached hydrogens (primary N) is 1. The van der Waals surface area contributed by atoms with Gasteiger partial charge in [0.1, 0.15) is 0 Å². The van der Waals surface area contributed by atoms with Gasteiger partial charge in [0, 0.05) is 0 Å². The van der Waals surface area contributed by atoms with Crippen molar-refractivity contribution in [3.8, 4) is 0 Å². The Labute approximate surface area is 171 Å². The minimum atomic E-state index is -3.32. The van der Waals surface area contributed by atoms with Gasteiger partial charge < -0.3 is 0 Å². The van der Waals surface area contributed by atoms with Crippen LogP contribution in [0.15, 0.2) is 115 Å². The van der Waals surface area contributed by atoms with E-state index in [-0.39, 0.29) is 0 Å². The Bertz CT molecular complexity index is 966. The van der Waals surface area contributed by atoms with Gasteiger partial charge in [-0.2, -0.15) is 0 Å². The molecule has 0 heterocycles. The molecule has 0 saturated carbocycles. The predicted octanol–water partition coefficient (Wildman–Crippen LogP) is 5.45. The molecule has 4 aromatic carbocycles. The average molecular weight is 404 g/mol. The van der Waals surface area contributed by atoms with Crippen LogP contribution < -0.4 is 21.6 Å². The van der Waals surface area contributed by atoms with Crippen LogP contribution in [0.3, 0.4) is 0 Å². The Hall–Kier alpha value is -2.60. The van der Waals surface area contributed by atoms with Crippen LogP contribution in [0.5, 0.6) is 0 Å². The molecule has 0 unspecified atom stereocenters. The van der Waals surface area contributed by atoms with Crippen LogP contribution in [0.1, 0.15) is 5.56 Å². The standard InChI is InChI=1S/C25H23ClNP/c26-28(22-13-4-1-5-14-22,23-15-6-2-7-16-23,24-17-8-3-9-18-24)20-21-12-10-11-19-25(21)27/h1-19H,20,27H2. The second-order valence-electron chi connectivity index (χ2n) is 7.05. The fourth-order valence-electron chi connectivity index (χ4n) is 3.94. The van der Waals surface area contributed by atoms with Crippen LogP contribution in [-0.4, -0.2) is 0 Å². The number of anilines is 1. The van der Waals surface area contributed by atoms with Gasteiger partial charge in [-0.25, -0.2) is 0 Å². The molecule has 3 heteroatoms. The third-order valence-corrected chi connectivity index (χ3v) is 12.6. The zero-order chi connectivity index (χ0) is 19.5. The van der Waals surface area contributed by atoms with Crippen molar-refractivity contribution >= 4 is 38.8 Å². The number of hydrogen-bond donors (Lipinski definition) is 1. The van der Waals surface area contributed by atoms with E-state index >= 15 is 0 Å². The van der Waals surface area contributed by atoms with Crippen LogP contribution in [0, 0.1) is 0 Å². The van der Waals surface area contributed by atoms with E-state index in [9.17, 15) is 0 Å². The number of rotatable bonds is 5. The fourth-order valence-corrected chi connectivity index (χ4v) is 10.1. The van der Waals surface area contributed by atoms with E-state index in [1.807, 2.05) is 36.4 Å². The molecule has 0 aliphatic carbocycles. The zero-order valence-electron chi connectivity index (χ0n) is 15.6. The summed E-state index contributed by atoms with van der Waals surface area (Å²) in [5.74, 6) is -3.32. The molecule has 4 rings (SSSR count). The van der Waals surface area contributed by atoms with Gasteiger partial charge in [-0.05, 0) is 0 Å². The topological polar surface area (TPSA) is 26.0 Å². The third-order valence-electron chi connectivity index (χ3n) is 5.41. The van der Waals surface area contributed by atoms with Crippen LogP contribution in [0.2, 0.25) is 0 Å². The fraction of sp³-hybridized carbons (Fsp3) is 0.0400. The van der Waals surface area contributed by atoms with E-state index in [1.165, 1.54) is 0 Å². The van der Waals surface area contributed by atoms with Crippen molar-refractivity contribution in [3.63, 3.8) is 0 Å².